The molecule has 0 aliphatic carbocycles. The summed E-state index contributed by atoms with van der Waals surface area (Å²) in [6.07, 6.45) is 1.14. The van der Waals surface area contributed by atoms with Crippen LogP contribution < -0.4 is 0 Å². The Morgan fingerprint density at radius 2 is 2.11 bits per heavy atom. The van der Waals surface area contributed by atoms with Crippen molar-refractivity contribution in [2.45, 2.75) is 19.8 Å². The van der Waals surface area contributed by atoms with Crippen LogP contribution in [0.25, 0.3) is 0 Å². The van der Waals surface area contributed by atoms with E-state index in [0.29, 0.717) is 24.6 Å². The first kappa shape index (κ1) is 12.8. The summed E-state index contributed by atoms with van der Waals surface area (Å²) in [5.41, 5.74) is 1.12. The topological polar surface area (TPSA) is 62.7 Å². The van der Waals surface area contributed by atoms with Crippen LogP contribution in [0.2, 0.25) is 0 Å². The molecular formula is C13H12BrN3O. The Hall–Kier alpha value is -1.67. The molecule has 2 aromatic rings. The van der Waals surface area contributed by atoms with Gasteiger partial charge in [0.25, 0.3) is 0 Å². The molecule has 0 spiro atoms. The van der Waals surface area contributed by atoms with Crippen LogP contribution in [0, 0.1) is 17.2 Å². The molecule has 1 aromatic carbocycles. The van der Waals surface area contributed by atoms with Gasteiger partial charge in [-0.05, 0) is 24.6 Å². The minimum absolute atomic E-state index is 0.106. The third-order valence-corrected chi connectivity index (χ3v) is 3.02. The standard InChI is InChI=1S/C13H12BrN3O/c1-9(8-15)6-13-16-12(17-18-13)7-10-2-4-11(14)5-3-10/h2-5,9H,6-7H2,1H3. The van der Waals surface area contributed by atoms with E-state index in [0.717, 1.165) is 10.0 Å². The first-order chi connectivity index (χ1) is 8.67. The molecule has 0 aliphatic rings. The summed E-state index contributed by atoms with van der Waals surface area (Å²) in [6.45, 7) is 1.83. The third-order valence-electron chi connectivity index (χ3n) is 2.49. The zero-order valence-corrected chi connectivity index (χ0v) is 11.5. The van der Waals surface area contributed by atoms with Gasteiger partial charge in [0.05, 0.1) is 12.0 Å². The van der Waals surface area contributed by atoms with E-state index in [-0.39, 0.29) is 5.92 Å². The van der Waals surface area contributed by atoms with E-state index in [9.17, 15) is 0 Å². The van der Waals surface area contributed by atoms with Crippen molar-refractivity contribution in [3.05, 3.63) is 46.0 Å². The summed E-state index contributed by atoms with van der Waals surface area (Å²) >= 11 is 3.39. The van der Waals surface area contributed by atoms with Crippen LogP contribution >= 0.6 is 15.9 Å². The van der Waals surface area contributed by atoms with Crippen molar-refractivity contribution < 1.29 is 4.52 Å². The van der Waals surface area contributed by atoms with E-state index in [1.807, 2.05) is 31.2 Å². The number of nitriles is 1. The number of nitrogens with zero attached hydrogens (tertiary/aromatic N) is 3. The molecule has 0 saturated carbocycles. The van der Waals surface area contributed by atoms with Crippen LogP contribution in [0.3, 0.4) is 0 Å². The Bertz CT molecular complexity index is 556. The van der Waals surface area contributed by atoms with Crippen LogP contribution in [0.5, 0.6) is 0 Å². The van der Waals surface area contributed by atoms with Gasteiger partial charge in [0, 0.05) is 17.3 Å². The van der Waals surface area contributed by atoms with Crippen molar-refractivity contribution in [2.75, 3.05) is 0 Å². The molecule has 2 rings (SSSR count). The van der Waals surface area contributed by atoms with Crippen LogP contribution in [-0.2, 0) is 12.8 Å². The highest BCUT2D eigenvalue weighted by molar-refractivity contribution is 9.10. The summed E-state index contributed by atoms with van der Waals surface area (Å²) in [6, 6.07) is 10.1. The molecule has 0 radical (unpaired) electrons. The van der Waals surface area contributed by atoms with Crippen molar-refractivity contribution in [1.29, 1.82) is 5.26 Å². The fourth-order valence-electron chi connectivity index (χ4n) is 1.54. The molecule has 0 bridgehead atoms. The van der Waals surface area contributed by atoms with Gasteiger partial charge < -0.3 is 4.52 Å². The highest BCUT2D eigenvalue weighted by Gasteiger charge is 2.10. The maximum atomic E-state index is 8.72. The quantitative estimate of drug-likeness (QED) is 0.870. The molecule has 0 amide bonds. The molecule has 1 atom stereocenters. The van der Waals surface area contributed by atoms with Gasteiger partial charge in [0.1, 0.15) is 0 Å². The Balaban J connectivity index is 2.02. The second-order valence-corrected chi connectivity index (χ2v) is 5.06. The molecule has 0 N–H and O–H groups in total. The van der Waals surface area contributed by atoms with Gasteiger partial charge in [-0.15, -0.1) is 0 Å². The Morgan fingerprint density at radius 1 is 1.39 bits per heavy atom. The van der Waals surface area contributed by atoms with Crippen LogP contribution in [0.15, 0.2) is 33.3 Å². The number of halogens is 1. The highest BCUT2D eigenvalue weighted by atomic mass is 79.9. The number of rotatable bonds is 4. The van der Waals surface area contributed by atoms with Gasteiger partial charge in [-0.2, -0.15) is 10.2 Å². The van der Waals surface area contributed by atoms with Crippen molar-refractivity contribution in [1.82, 2.24) is 10.1 Å². The fraction of sp³-hybridized carbons (Fsp3) is 0.308. The van der Waals surface area contributed by atoms with Gasteiger partial charge in [-0.3, -0.25) is 0 Å². The van der Waals surface area contributed by atoms with E-state index in [2.05, 4.69) is 32.1 Å². The van der Waals surface area contributed by atoms with Crippen LogP contribution in [0.1, 0.15) is 24.2 Å². The SMILES string of the molecule is CC(C#N)Cc1nc(Cc2ccc(Br)cc2)no1. The first-order valence-electron chi connectivity index (χ1n) is 5.63. The number of benzene rings is 1. The summed E-state index contributed by atoms with van der Waals surface area (Å²) < 4.78 is 6.16. The Labute approximate surface area is 114 Å². The summed E-state index contributed by atoms with van der Waals surface area (Å²) in [7, 11) is 0. The van der Waals surface area contributed by atoms with E-state index in [4.69, 9.17) is 9.78 Å². The average molecular weight is 306 g/mol. The van der Waals surface area contributed by atoms with Gasteiger partial charge in [0.15, 0.2) is 5.82 Å². The average Bonchev–Trinajstić information content (AvgIpc) is 2.79. The molecule has 0 aliphatic heterocycles. The van der Waals surface area contributed by atoms with E-state index in [1.54, 1.807) is 0 Å². The lowest BCUT2D eigenvalue weighted by Crippen LogP contribution is -1.97. The Kier molecular flexibility index (Phi) is 4.11. The predicted octanol–water partition coefficient (Wildman–Crippen LogP) is 3.13. The summed E-state index contributed by atoms with van der Waals surface area (Å²) in [5, 5.41) is 12.6. The lowest BCUT2D eigenvalue weighted by molar-refractivity contribution is 0.365. The van der Waals surface area contributed by atoms with Crippen molar-refractivity contribution >= 4 is 15.9 Å². The normalized spacial score (nSPS) is 12.1. The molecule has 18 heavy (non-hydrogen) atoms. The van der Waals surface area contributed by atoms with Crippen LogP contribution in [-0.4, -0.2) is 10.1 Å². The van der Waals surface area contributed by atoms with E-state index < -0.39 is 0 Å². The molecule has 5 heteroatoms. The monoisotopic (exact) mass is 305 g/mol. The zero-order valence-electron chi connectivity index (χ0n) is 9.93. The minimum Gasteiger partial charge on any atom is -0.339 e. The predicted molar refractivity (Wildman–Crippen MR) is 69.7 cm³/mol. The maximum absolute atomic E-state index is 8.72. The molecule has 0 saturated heterocycles. The lowest BCUT2D eigenvalue weighted by Gasteiger charge is -1.96. The van der Waals surface area contributed by atoms with Gasteiger partial charge in [-0.1, -0.05) is 33.2 Å². The molecule has 0 fully saturated rings. The molecule has 1 unspecified atom stereocenters. The fourth-order valence-corrected chi connectivity index (χ4v) is 1.80. The molecule has 1 aromatic heterocycles. The molecular weight excluding hydrogens is 294 g/mol. The third kappa shape index (κ3) is 3.41. The summed E-state index contributed by atoms with van der Waals surface area (Å²) in [4.78, 5) is 4.28. The highest BCUT2D eigenvalue weighted by Crippen LogP contribution is 2.13. The van der Waals surface area contributed by atoms with E-state index >= 15 is 0 Å². The first-order valence-corrected chi connectivity index (χ1v) is 6.42. The van der Waals surface area contributed by atoms with Crippen molar-refractivity contribution in [2.24, 2.45) is 5.92 Å². The minimum atomic E-state index is -0.106. The second kappa shape index (κ2) is 5.78. The maximum Gasteiger partial charge on any atom is 0.227 e. The number of hydrogen-bond donors (Lipinski definition) is 0. The van der Waals surface area contributed by atoms with Crippen LogP contribution in [0.4, 0.5) is 0 Å². The lowest BCUT2D eigenvalue weighted by atomic mass is 10.1. The molecule has 1 heterocycles. The number of aromatic nitrogens is 2. The molecule has 92 valence electrons. The smallest absolute Gasteiger partial charge is 0.227 e. The van der Waals surface area contributed by atoms with Crippen molar-refractivity contribution in [3.63, 3.8) is 0 Å². The van der Waals surface area contributed by atoms with Crippen molar-refractivity contribution in [3.8, 4) is 6.07 Å². The second-order valence-electron chi connectivity index (χ2n) is 4.14. The van der Waals surface area contributed by atoms with Gasteiger partial charge in [-0.25, -0.2) is 0 Å². The summed E-state index contributed by atoms with van der Waals surface area (Å²) in [5.74, 6) is 1.07. The molecule has 4 nitrogen and oxygen atoms in total. The van der Waals surface area contributed by atoms with Gasteiger partial charge >= 0.3 is 0 Å². The zero-order chi connectivity index (χ0) is 13.0. The van der Waals surface area contributed by atoms with E-state index in [1.165, 1.54) is 0 Å². The Morgan fingerprint density at radius 3 is 2.78 bits per heavy atom. The van der Waals surface area contributed by atoms with Gasteiger partial charge in [0.2, 0.25) is 5.89 Å². The number of hydrogen-bond acceptors (Lipinski definition) is 4. The largest absolute Gasteiger partial charge is 0.339 e.